The minimum absolute atomic E-state index is 0.0330. The second kappa shape index (κ2) is 7.68. The molecule has 3 nitrogen and oxygen atoms in total. The Morgan fingerprint density at radius 1 is 1.05 bits per heavy atom. The van der Waals surface area contributed by atoms with Crippen LogP contribution in [0.2, 0.25) is 0 Å². The first-order valence-electron chi connectivity index (χ1n) is 6.77. The van der Waals surface area contributed by atoms with Gasteiger partial charge in [-0.25, -0.2) is 0 Å². The van der Waals surface area contributed by atoms with Crippen LogP contribution in [0.3, 0.4) is 0 Å². The fourth-order valence-electron chi connectivity index (χ4n) is 1.89. The average molecular weight is 272 g/mol. The summed E-state index contributed by atoms with van der Waals surface area (Å²) >= 11 is 0. The third-order valence-corrected chi connectivity index (χ3v) is 2.90. The van der Waals surface area contributed by atoms with Gasteiger partial charge in [0.1, 0.15) is 5.75 Å². The first-order valence-corrected chi connectivity index (χ1v) is 6.77. The Hall–Kier alpha value is -1.84. The second-order valence-electron chi connectivity index (χ2n) is 4.67. The van der Waals surface area contributed by atoms with Gasteiger partial charge < -0.3 is 14.6 Å². The highest BCUT2D eigenvalue weighted by atomic mass is 16.7. The van der Waals surface area contributed by atoms with Crippen LogP contribution >= 0.6 is 0 Å². The fraction of sp³-hybridized carbons (Fsp3) is 0.294. The summed E-state index contributed by atoms with van der Waals surface area (Å²) < 4.78 is 11.5. The summed E-state index contributed by atoms with van der Waals surface area (Å²) in [6.07, 6.45) is 0.00263. The van der Waals surface area contributed by atoms with Crippen LogP contribution in [0.15, 0.2) is 54.6 Å². The summed E-state index contributed by atoms with van der Waals surface area (Å²) in [6.45, 7) is 2.52. The Kier molecular flexibility index (Phi) is 5.59. The van der Waals surface area contributed by atoms with Gasteiger partial charge in [0, 0.05) is 13.0 Å². The van der Waals surface area contributed by atoms with Gasteiger partial charge in [-0.05, 0) is 30.2 Å². The van der Waals surface area contributed by atoms with E-state index in [0.29, 0.717) is 13.0 Å². The van der Waals surface area contributed by atoms with Gasteiger partial charge in [-0.2, -0.15) is 0 Å². The van der Waals surface area contributed by atoms with Gasteiger partial charge >= 0.3 is 0 Å². The number of hydrogen-bond acceptors (Lipinski definition) is 3. The normalized spacial score (nSPS) is 12.1. The Morgan fingerprint density at radius 2 is 1.85 bits per heavy atom. The van der Waals surface area contributed by atoms with E-state index < -0.39 is 6.29 Å². The summed E-state index contributed by atoms with van der Waals surface area (Å²) in [5.41, 5.74) is 2.22. The third-order valence-electron chi connectivity index (χ3n) is 2.90. The molecule has 3 heteroatoms. The Labute approximate surface area is 119 Å². The maximum absolute atomic E-state index is 9.11. The molecule has 0 aromatic heterocycles. The fourth-order valence-corrected chi connectivity index (χ4v) is 1.89. The van der Waals surface area contributed by atoms with E-state index in [4.69, 9.17) is 14.6 Å². The molecule has 1 N–H and O–H groups in total. The predicted octanol–water partition coefficient (Wildman–Crippen LogP) is 3.30. The molecule has 1 unspecified atom stereocenters. The zero-order valence-corrected chi connectivity index (χ0v) is 11.7. The van der Waals surface area contributed by atoms with Gasteiger partial charge in [-0.15, -0.1) is 0 Å². The summed E-state index contributed by atoms with van der Waals surface area (Å²) in [4.78, 5) is 0. The molecule has 0 saturated carbocycles. The Balaban J connectivity index is 1.93. The largest absolute Gasteiger partial charge is 0.465 e. The topological polar surface area (TPSA) is 38.7 Å². The quantitative estimate of drug-likeness (QED) is 0.786. The minimum Gasteiger partial charge on any atom is -0.465 e. The van der Waals surface area contributed by atoms with Gasteiger partial charge in [-0.1, -0.05) is 42.5 Å². The standard InChI is InChI=1S/C17H20O3/c1-14-6-5-9-16(12-14)20-17(10-11-18)19-13-15-7-3-2-4-8-15/h2-9,12,17-18H,10-11,13H2,1H3. The van der Waals surface area contributed by atoms with Crippen LogP contribution < -0.4 is 4.74 Å². The first kappa shape index (κ1) is 14.6. The molecule has 0 bridgehead atoms. The smallest absolute Gasteiger partial charge is 0.202 e. The molecule has 0 saturated heterocycles. The van der Waals surface area contributed by atoms with E-state index in [2.05, 4.69) is 0 Å². The van der Waals surface area contributed by atoms with E-state index in [-0.39, 0.29) is 6.61 Å². The molecule has 106 valence electrons. The summed E-state index contributed by atoms with van der Waals surface area (Å²) in [7, 11) is 0. The molecule has 0 amide bonds. The van der Waals surface area contributed by atoms with Crippen LogP contribution in [-0.2, 0) is 11.3 Å². The van der Waals surface area contributed by atoms with Gasteiger partial charge in [0.2, 0.25) is 6.29 Å². The van der Waals surface area contributed by atoms with E-state index in [9.17, 15) is 0 Å². The van der Waals surface area contributed by atoms with Crippen LogP contribution in [0, 0.1) is 6.92 Å². The van der Waals surface area contributed by atoms with Crippen molar-refractivity contribution in [3.05, 3.63) is 65.7 Å². The lowest BCUT2D eigenvalue weighted by Crippen LogP contribution is -2.22. The van der Waals surface area contributed by atoms with Crippen LogP contribution in [0.5, 0.6) is 5.75 Å². The van der Waals surface area contributed by atoms with Crippen molar-refractivity contribution in [3.63, 3.8) is 0 Å². The number of aryl methyl sites for hydroxylation is 1. The van der Waals surface area contributed by atoms with E-state index in [1.54, 1.807) is 0 Å². The van der Waals surface area contributed by atoms with E-state index in [0.717, 1.165) is 16.9 Å². The van der Waals surface area contributed by atoms with E-state index in [1.807, 2.05) is 61.5 Å². The number of hydrogen-bond donors (Lipinski definition) is 1. The third kappa shape index (κ3) is 4.68. The van der Waals surface area contributed by atoms with Crippen molar-refractivity contribution < 1.29 is 14.6 Å². The molecule has 0 heterocycles. The van der Waals surface area contributed by atoms with Crippen molar-refractivity contribution in [3.8, 4) is 5.75 Å². The van der Waals surface area contributed by atoms with Crippen molar-refractivity contribution in [2.75, 3.05) is 6.61 Å². The van der Waals surface area contributed by atoms with Gasteiger partial charge in [-0.3, -0.25) is 0 Å². The van der Waals surface area contributed by atoms with Gasteiger partial charge in [0.25, 0.3) is 0 Å². The molecule has 0 aliphatic heterocycles. The highest BCUT2D eigenvalue weighted by Gasteiger charge is 2.10. The lowest BCUT2D eigenvalue weighted by Gasteiger charge is -2.19. The summed E-state index contributed by atoms with van der Waals surface area (Å²) in [6, 6.07) is 17.7. The molecule has 20 heavy (non-hydrogen) atoms. The van der Waals surface area contributed by atoms with E-state index >= 15 is 0 Å². The zero-order chi connectivity index (χ0) is 14.2. The highest BCUT2D eigenvalue weighted by molar-refractivity contribution is 5.27. The number of aliphatic hydroxyl groups excluding tert-OH is 1. The van der Waals surface area contributed by atoms with Crippen LogP contribution in [0.4, 0.5) is 0 Å². The summed E-state index contributed by atoms with van der Waals surface area (Å²) in [5.74, 6) is 0.761. The zero-order valence-electron chi connectivity index (χ0n) is 11.7. The lowest BCUT2D eigenvalue weighted by atomic mass is 10.2. The van der Waals surface area contributed by atoms with Crippen molar-refractivity contribution in [1.82, 2.24) is 0 Å². The number of benzene rings is 2. The molecule has 0 spiro atoms. The molecule has 2 rings (SSSR count). The maximum atomic E-state index is 9.11. The molecule has 0 aliphatic rings. The molecule has 0 radical (unpaired) electrons. The van der Waals surface area contributed by atoms with Crippen molar-refractivity contribution in [2.45, 2.75) is 26.2 Å². The number of aliphatic hydroxyl groups is 1. The van der Waals surface area contributed by atoms with Crippen molar-refractivity contribution >= 4 is 0 Å². The Morgan fingerprint density at radius 3 is 2.55 bits per heavy atom. The summed E-state index contributed by atoms with van der Waals surface area (Å²) in [5, 5.41) is 9.11. The SMILES string of the molecule is Cc1cccc(OC(CCO)OCc2ccccc2)c1. The molecular formula is C17H20O3. The van der Waals surface area contributed by atoms with Gasteiger partial charge in [0.15, 0.2) is 0 Å². The molecule has 1 atom stereocenters. The van der Waals surface area contributed by atoms with E-state index in [1.165, 1.54) is 0 Å². The molecular weight excluding hydrogens is 252 g/mol. The molecule has 2 aromatic rings. The van der Waals surface area contributed by atoms with Gasteiger partial charge in [0.05, 0.1) is 6.61 Å². The highest BCUT2D eigenvalue weighted by Crippen LogP contribution is 2.16. The first-order chi connectivity index (χ1) is 9.78. The van der Waals surface area contributed by atoms with Crippen molar-refractivity contribution in [2.24, 2.45) is 0 Å². The second-order valence-corrected chi connectivity index (χ2v) is 4.67. The Bertz CT molecular complexity index is 511. The minimum atomic E-state index is -0.443. The maximum Gasteiger partial charge on any atom is 0.202 e. The predicted molar refractivity (Wildman–Crippen MR) is 78.5 cm³/mol. The van der Waals surface area contributed by atoms with Crippen LogP contribution in [0.1, 0.15) is 17.5 Å². The molecule has 0 aliphatic carbocycles. The molecule has 0 fully saturated rings. The lowest BCUT2D eigenvalue weighted by molar-refractivity contribution is -0.0992. The van der Waals surface area contributed by atoms with Crippen molar-refractivity contribution in [1.29, 1.82) is 0 Å². The average Bonchev–Trinajstić information content (AvgIpc) is 2.46. The number of ether oxygens (including phenoxy) is 2. The number of rotatable bonds is 7. The van der Waals surface area contributed by atoms with Crippen LogP contribution in [0.25, 0.3) is 0 Å². The monoisotopic (exact) mass is 272 g/mol. The van der Waals surface area contributed by atoms with Crippen LogP contribution in [-0.4, -0.2) is 18.0 Å². The molecule has 2 aromatic carbocycles.